The maximum absolute atomic E-state index is 15.5. The van der Waals surface area contributed by atoms with E-state index >= 15 is 4.39 Å². The Kier molecular flexibility index (Phi) is 4.48. The van der Waals surface area contributed by atoms with Crippen molar-refractivity contribution < 1.29 is 31.9 Å². The molecule has 0 unspecified atom stereocenters. The molecule has 1 aromatic carbocycles. The Morgan fingerprint density at radius 3 is 2.70 bits per heavy atom. The average molecular weight is 554 g/mol. The molecule has 0 radical (unpaired) electrons. The van der Waals surface area contributed by atoms with Crippen LogP contribution in [0.15, 0.2) is 42.9 Å². The Hall–Kier alpha value is -4.03. The number of nitrogens with two attached hydrogens (primary N) is 1. The van der Waals surface area contributed by atoms with Crippen LogP contribution in [0.25, 0.3) is 16.8 Å². The number of nitrogens with zero attached hydrogens (tertiary/aromatic N) is 5. The molecule has 2 bridgehead atoms. The Bertz CT molecular complexity index is 1800. The molecule has 1 aliphatic heterocycles. The number of alkyl halides is 2. The Morgan fingerprint density at radius 2 is 2.02 bits per heavy atom. The second kappa shape index (κ2) is 8.24. The molecule has 4 aromatic rings. The number of ether oxygens (including phenoxy) is 1. The first-order chi connectivity index (χ1) is 20.2. The molecular weight excluding hydrogens is 525 g/mol. The van der Waals surface area contributed by atoms with Crippen molar-refractivity contribution in [2.45, 2.75) is 55.9 Å². The van der Waals surface area contributed by atoms with E-state index in [1.165, 1.54) is 41.2 Å². The molecule has 0 spiro atoms. The SMILES string of the molecule is [2H]C([2H])([2H])N1C(=O)c2cccc(OC(F)F)c2[C@H]2C[C@@H]1c1nn3cc(F)c(-c4cnc(C5(N)CC(C)(O)C5)cn4)cc3c12. The third-order valence-corrected chi connectivity index (χ3v) is 8.13. The number of carbonyl (C=O) groups is 1. The summed E-state index contributed by atoms with van der Waals surface area (Å²) in [6.07, 6.45) is 4.59. The number of hydrogen-bond donors (Lipinski definition) is 2. The smallest absolute Gasteiger partial charge is 0.387 e. The van der Waals surface area contributed by atoms with Crippen molar-refractivity contribution in [2.75, 3.05) is 6.98 Å². The standard InChI is InChI=1S/C28H25F3N6O3/c1-27(39)11-28(32,12-27)21-9-33-17(8-34-21)14-6-18-23-15-7-19(24(23)35-37(18)10-16(14)29)36(2)25(38)13-4-3-5-20(22(13)15)40-26(30)31/h3-6,8-10,15,19,26,39H,7,11-12,32H2,1-2H3/t15-,19-,27?,28?/m1/s1/i2D3. The molecule has 3 aliphatic rings. The molecule has 1 saturated carbocycles. The third kappa shape index (κ3) is 3.55. The number of carbonyl (C=O) groups excluding carboxylic acids is 1. The van der Waals surface area contributed by atoms with Gasteiger partial charge in [-0.1, -0.05) is 6.07 Å². The molecule has 9 nitrogen and oxygen atoms in total. The van der Waals surface area contributed by atoms with Gasteiger partial charge in [0.05, 0.1) is 58.4 Å². The van der Waals surface area contributed by atoms with Crippen molar-refractivity contribution >= 4 is 11.4 Å². The van der Waals surface area contributed by atoms with Crippen molar-refractivity contribution in [2.24, 2.45) is 5.73 Å². The quantitative estimate of drug-likeness (QED) is 0.394. The van der Waals surface area contributed by atoms with Crippen molar-refractivity contribution in [3.63, 3.8) is 0 Å². The second-order valence-electron chi connectivity index (χ2n) is 11.0. The first kappa shape index (κ1) is 21.8. The van der Waals surface area contributed by atoms with Gasteiger partial charge in [0.15, 0.2) is 5.82 Å². The number of halogens is 3. The maximum atomic E-state index is 15.5. The monoisotopic (exact) mass is 553 g/mol. The Labute approximate surface area is 230 Å². The molecule has 3 aromatic heterocycles. The molecule has 1 amide bonds. The van der Waals surface area contributed by atoms with Crippen LogP contribution in [-0.4, -0.2) is 54.7 Å². The fraction of sp³-hybridized carbons (Fsp3) is 0.357. The summed E-state index contributed by atoms with van der Waals surface area (Å²) in [7, 11) is 0. The minimum Gasteiger partial charge on any atom is -0.434 e. The molecule has 4 heterocycles. The summed E-state index contributed by atoms with van der Waals surface area (Å²) in [5.41, 5.74) is 6.47. The molecule has 7 rings (SSSR count). The maximum Gasteiger partial charge on any atom is 0.387 e. The van der Waals surface area contributed by atoms with Gasteiger partial charge in [0.1, 0.15) is 5.75 Å². The average Bonchev–Trinajstić information content (AvgIpc) is 3.38. The summed E-state index contributed by atoms with van der Waals surface area (Å²) in [4.78, 5) is 23.1. The van der Waals surface area contributed by atoms with Crippen molar-refractivity contribution in [1.82, 2.24) is 24.5 Å². The lowest BCUT2D eigenvalue weighted by Gasteiger charge is -2.48. The second-order valence-corrected chi connectivity index (χ2v) is 11.0. The van der Waals surface area contributed by atoms with Crippen molar-refractivity contribution in [3.8, 4) is 17.0 Å². The zero-order valence-corrected chi connectivity index (χ0v) is 21.1. The van der Waals surface area contributed by atoms with E-state index in [1.807, 2.05) is 0 Å². The molecule has 2 aliphatic carbocycles. The van der Waals surface area contributed by atoms with Crippen LogP contribution >= 0.6 is 0 Å². The lowest BCUT2D eigenvalue weighted by Crippen LogP contribution is -2.58. The third-order valence-electron chi connectivity index (χ3n) is 8.13. The first-order valence-corrected chi connectivity index (χ1v) is 12.6. The zero-order chi connectivity index (χ0) is 30.6. The summed E-state index contributed by atoms with van der Waals surface area (Å²) in [6, 6.07) is 4.50. The number of aliphatic hydroxyl groups is 1. The van der Waals surface area contributed by atoms with Crippen LogP contribution in [0.1, 0.15) is 75.1 Å². The molecule has 206 valence electrons. The van der Waals surface area contributed by atoms with E-state index in [0.29, 0.717) is 29.6 Å². The van der Waals surface area contributed by atoms with E-state index < -0.39 is 48.4 Å². The fourth-order valence-corrected chi connectivity index (χ4v) is 6.62. The zero-order valence-electron chi connectivity index (χ0n) is 24.1. The highest BCUT2D eigenvalue weighted by Crippen LogP contribution is 2.53. The van der Waals surface area contributed by atoms with Gasteiger partial charge in [-0.05, 0) is 44.4 Å². The van der Waals surface area contributed by atoms with Gasteiger partial charge in [0.25, 0.3) is 5.91 Å². The number of amides is 1. The molecule has 2 atom stereocenters. The van der Waals surface area contributed by atoms with E-state index in [0.717, 1.165) is 11.1 Å². The first-order valence-electron chi connectivity index (χ1n) is 14.1. The van der Waals surface area contributed by atoms with Crippen LogP contribution in [0.3, 0.4) is 0 Å². The van der Waals surface area contributed by atoms with Gasteiger partial charge in [-0.2, -0.15) is 13.9 Å². The van der Waals surface area contributed by atoms with Gasteiger partial charge in [0.2, 0.25) is 0 Å². The minimum absolute atomic E-state index is 0.0540. The fourth-order valence-electron chi connectivity index (χ4n) is 6.62. The normalized spacial score (nSPS) is 28.4. The molecule has 3 N–H and O–H groups in total. The number of aromatic nitrogens is 4. The van der Waals surface area contributed by atoms with Gasteiger partial charge in [-0.3, -0.25) is 14.8 Å². The molecule has 0 saturated heterocycles. The summed E-state index contributed by atoms with van der Waals surface area (Å²) in [5, 5.41) is 14.6. The highest BCUT2D eigenvalue weighted by Gasteiger charge is 2.51. The van der Waals surface area contributed by atoms with Crippen LogP contribution in [0.5, 0.6) is 5.75 Å². The largest absolute Gasteiger partial charge is 0.434 e. The van der Waals surface area contributed by atoms with E-state index in [-0.39, 0.29) is 40.2 Å². The lowest BCUT2D eigenvalue weighted by atomic mass is 9.65. The predicted octanol–water partition coefficient (Wildman–Crippen LogP) is 3.89. The van der Waals surface area contributed by atoms with Crippen LogP contribution in [0.4, 0.5) is 13.2 Å². The van der Waals surface area contributed by atoms with Crippen LogP contribution in [0, 0.1) is 5.82 Å². The highest BCUT2D eigenvalue weighted by atomic mass is 19.3. The topological polar surface area (TPSA) is 119 Å². The minimum atomic E-state index is -3.19. The molecular formula is C28H25F3N6O3. The predicted molar refractivity (Wildman–Crippen MR) is 136 cm³/mol. The van der Waals surface area contributed by atoms with E-state index in [2.05, 4.69) is 15.1 Å². The number of benzene rings is 1. The molecule has 12 heteroatoms. The van der Waals surface area contributed by atoms with Gasteiger partial charge in [0, 0.05) is 39.3 Å². The van der Waals surface area contributed by atoms with Gasteiger partial charge in [-0.15, -0.1) is 0 Å². The van der Waals surface area contributed by atoms with Gasteiger partial charge >= 0.3 is 6.61 Å². The summed E-state index contributed by atoms with van der Waals surface area (Å²) < 4.78 is 72.8. The number of rotatable bonds is 4. The number of pyridine rings is 1. The van der Waals surface area contributed by atoms with Crippen LogP contribution in [0.2, 0.25) is 0 Å². The summed E-state index contributed by atoms with van der Waals surface area (Å²) in [5.74, 6) is -2.57. The molecule has 1 fully saturated rings. The number of fused-ring (bicyclic) bond motifs is 9. The van der Waals surface area contributed by atoms with E-state index in [1.54, 1.807) is 6.92 Å². The van der Waals surface area contributed by atoms with Gasteiger partial charge in [-0.25, -0.2) is 8.91 Å². The lowest BCUT2D eigenvalue weighted by molar-refractivity contribution is -0.0754. The highest BCUT2D eigenvalue weighted by molar-refractivity contribution is 5.98. The van der Waals surface area contributed by atoms with Crippen LogP contribution in [-0.2, 0) is 5.54 Å². The van der Waals surface area contributed by atoms with Crippen molar-refractivity contribution in [1.29, 1.82) is 0 Å². The van der Waals surface area contributed by atoms with Crippen LogP contribution < -0.4 is 10.5 Å². The Morgan fingerprint density at radius 1 is 1.23 bits per heavy atom. The van der Waals surface area contributed by atoms with E-state index in [4.69, 9.17) is 14.6 Å². The number of hydrogen-bond acceptors (Lipinski definition) is 7. The Balaban J connectivity index is 1.39. The summed E-state index contributed by atoms with van der Waals surface area (Å²) >= 11 is 0. The van der Waals surface area contributed by atoms with Gasteiger partial charge < -0.3 is 20.5 Å². The molecule has 40 heavy (non-hydrogen) atoms. The van der Waals surface area contributed by atoms with Crippen molar-refractivity contribution in [3.05, 3.63) is 76.8 Å². The summed E-state index contributed by atoms with van der Waals surface area (Å²) in [6.45, 7) is -4.39. The van der Waals surface area contributed by atoms with E-state index in [9.17, 15) is 18.7 Å².